The van der Waals surface area contributed by atoms with Crippen molar-refractivity contribution in [2.45, 2.75) is 6.04 Å². The Morgan fingerprint density at radius 2 is 2.00 bits per heavy atom. The maximum atomic E-state index is 5.64. The predicted molar refractivity (Wildman–Crippen MR) is 61.8 cm³/mol. The Bertz CT molecular complexity index is 483. The van der Waals surface area contributed by atoms with Gasteiger partial charge in [0, 0.05) is 24.3 Å². The number of nitrogen functional groups attached to an aromatic ring is 1. The van der Waals surface area contributed by atoms with Crippen LogP contribution in [-0.4, -0.2) is 28.1 Å². The van der Waals surface area contributed by atoms with Crippen LogP contribution in [0.25, 0.3) is 11.3 Å². The van der Waals surface area contributed by atoms with Crippen molar-refractivity contribution in [1.82, 2.24) is 20.3 Å². The van der Waals surface area contributed by atoms with Gasteiger partial charge in [0.05, 0.1) is 12.2 Å². The lowest BCUT2D eigenvalue weighted by Gasteiger charge is -2.26. The topological polar surface area (TPSA) is 68.8 Å². The Hall–Kier alpha value is -1.88. The number of nitrogens with two attached hydrogens (primary N) is 1. The molecule has 0 saturated carbocycles. The number of aromatic nitrogens is 3. The Morgan fingerprint density at radius 1 is 1.25 bits per heavy atom. The average molecular weight is 215 g/mol. The summed E-state index contributed by atoms with van der Waals surface area (Å²) in [5, 5.41) is 11.5. The highest BCUT2D eigenvalue weighted by Crippen LogP contribution is 2.19. The van der Waals surface area contributed by atoms with Gasteiger partial charge >= 0.3 is 0 Å². The fraction of sp³-hybridized carbons (Fsp3) is 0.273. The minimum Gasteiger partial charge on any atom is -0.399 e. The van der Waals surface area contributed by atoms with E-state index in [1.54, 1.807) is 0 Å². The monoisotopic (exact) mass is 215 g/mol. The smallest absolute Gasteiger partial charge is 0.113 e. The molecule has 82 valence electrons. The summed E-state index contributed by atoms with van der Waals surface area (Å²) in [6.07, 6.45) is 1.98. The molecule has 0 amide bonds. The minimum absolute atomic E-state index is 0.454. The van der Waals surface area contributed by atoms with Gasteiger partial charge in [-0.1, -0.05) is 17.3 Å². The highest BCUT2D eigenvalue weighted by Gasteiger charge is 2.20. The normalized spacial score (nSPS) is 16.0. The largest absolute Gasteiger partial charge is 0.399 e. The van der Waals surface area contributed by atoms with Crippen LogP contribution in [0.2, 0.25) is 0 Å². The first kappa shape index (κ1) is 9.35. The SMILES string of the molecule is Nc1ccc(-c2cn(C3CNC3)nn2)cc1. The zero-order valence-electron chi connectivity index (χ0n) is 8.80. The molecule has 0 spiro atoms. The van der Waals surface area contributed by atoms with Crippen LogP contribution in [0.15, 0.2) is 30.5 Å². The fourth-order valence-corrected chi connectivity index (χ4v) is 1.70. The van der Waals surface area contributed by atoms with Crippen molar-refractivity contribution in [2.24, 2.45) is 0 Å². The highest BCUT2D eigenvalue weighted by atomic mass is 15.4. The number of rotatable bonds is 2. The molecule has 0 bridgehead atoms. The maximum absolute atomic E-state index is 5.64. The number of nitrogens with one attached hydrogen (secondary N) is 1. The lowest BCUT2D eigenvalue weighted by Crippen LogP contribution is -2.43. The molecular formula is C11H13N5. The number of benzene rings is 1. The highest BCUT2D eigenvalue weighted by molar-refractivity contribution is 5.60. The summed E-state index contributed by atoms with van der Waals surface area (Å²) in [6.45, 7) is 1.95. The van der Waals surface area contributed by atoms with Crippen LogP contribution < -0.4 is 11.1 Å². The molecule has 5 heteroatoms. The van der Waals surface area contributed by atoms with E-state index in [9.17, 15) is 0 Å². The van der Waals surface area contributed by atoms with Crippen molar-refractivity contribution < 1.29 is 0 Å². The third-order valence-electron chi connectivity index (χ3n) is 2.85. The quantitative estimate of drug-likeness (QED) is 0.722. The van der Waals surface area contributed by atoms with Crippen molar-refractivity contribution in [3.63, 3.8) is 0 Å². The molecule has 5 nitrogen and oxygen atoms in total. The van der Waals surface area contributed by atoms with Gasteiger partial charge in [-0.25, -0.2) is 4.68 Å². The van der Waals surface area contributed by atoms with Crippen LogP contribution in [0.1, 0.15) is 6.04 Å². The number of hydrogen-bond donors (Lipinski definition) is 2. The van der Waals surface area contributed by atoms with Gasteiger partial charge in [-0.15, -0.1) is 5.10 Å². The summed E-state index contributed by atoms with van der Waals surface area (Å²) >= 11 is 0. The van der Waals surface area contributed by atoms with Crippen LogP contribution in [0.5, 0.6) is 0 Å². The van der Waals surface area contributed by atoms with Crippen LogP contribution in [0.3, 0.4) is 0 Å². The molecule has 1 aromatic heterocycles. The van der Waals surface area contributed by atoms with Gasteiger partial charge in [0.2, 0.25) is 0 Å². The van der Waals surface area contributed by atoms with Crippen LogP contribution in [0, 0.1) is 0 Å². The molecule has 1 aromatic carbocycles. The average Bonchev–Trinajstić information content (AvgIpc) is 2.65. The summed E-state index contributed by atoms with van der Waals surface area (Å²) in [5.41, 5.74) is 8.35. The van der Waals surface area contributed by atoms with E-state index in [0.717, 1.165) is 30.0 Å². The summed E-state index contributed by atoms with van der Waals surface area (Å²) in [5.74, 6) is 0. The van der Waals surface area contributed by atoms with E-state index in [2.05, 4.69) is 15.6 Å². The predicted octanol–water partition coefficient (Wildman–Crippen LogP) is 0.672. The molecule has 1 fully saturated rings. The van der Waals surface area contributed by atoms with Crippen molar-refractivity contribution >= 4 is 5.69 Å². The summed E-state index contributed by atoms with van der Waals surface area (Å²) in [6, 6.07) is 8.12. The van der Waals surface area contributed by atoms with Crippen molar-refractivity contribution in [2.75, 3.05) is 18.8 Å². The van der Waals surface area contributed by atoms with E-state index in [0.29, 0.717) is 6.04 Å². The molecule has 0 aliphatic carbocycles. The molecular weight excluding hydrogens is 202 g/mol. The second-order valence-corrected chi connectivity index (χ2v) is 4.02. The molecule has 1 saturated heterocycles. The van der Waals surface area contributed by atoms with Crippen molar-refractivity contribution in [3.05, 3.63) is 30.5 Å². The molecule has 2 aromatic rings. The Balaban J connectivity index is 1.88. The summed E-state index contributed by atoms with van der Waals surface area (Å²) < 4.78 is 1.92. The molecule has 2 heterocycles. The number of nitrogens with zero attached hydrogens (tertiary/aromatic N) is 3. The molecule has 0 radical (unpaired) electrons. The molecule has 3 rings (SSSR count). The van der Waals surface area contributed by atoms with E-state index in [-0.39, 0.29) is 0 Å². The van der Waals surface area contributed by atoms with Crippen LogP contribution in [-0.2, 0) is 0 Å². The lowest BCUT2D eigenvalue weighted by molar-refractivity contribution is 0.313. The zero-order chi connectivity index (χ0) is 11.0. The van der Waals surface area contributed by atoms with E-state index in [1.807, 2.05) is 35.1 Å². The molecule has 1 aliphatic heterocycles. The zero-order valence-corrected chi connectivity index (χ0v) is 8.80. The molecule has 1 aliphatic rings. The number of hydrogen-bond acceptors (Lipinski definition) is 4. The first-order chi connectivity index (χ1) is 7.83. The van der Waals surface area contributed by atoms with E-state index in [1.165, 1.54) is 0 Å². The Morgan fingerprint density at radius 3 is 2.62 bits per heavy atom. The van der Waals surface area contributed by atoms with Gasteiger partial charge in [-0.05, 0) is 12.1 Å². The van der Waals surface area contributed by atoms with E-state index < -0.39 is 0 Å². The van der Waals surface area contributed by atoms with Gasteiger partial charge in [-0.3, -0.25) is 0 Å². The standard InChI is InChI=1S/C11H13N5/c12-9-3-1-8(2-4-9)11-7-16(15-14-11)10-5-13-6-10/h1-4,7,10,13H,5-6,12H2. The first-order valence-electron chi connectivity index (χ1n) is 5.31. The van der Waals surface area contributed by atoms with Crippen molar-refractivity contribution in [1.29, 1.82) is 0 Å². The van der Waals surface area contributed by atoms with Crippen LogP contribution in [0.4, 0.5) is 5.69 Å². The molecule has 3 N–H and O–H groups in total. The molecule has 0 unspecified atom stereocenters. The maximum Gasteiger partial charge on any atom is 0.113 e. The van der Waals surface area contributed by atoms with Crippen molar-refractivity contribution in [3.8, 4) is 11.3 Å². The van der Waals surface area contributed by atoms with E-state index >= 15 is 0 Å². The van der Waals surface area contributed by atoms with Gasteiger partial charge in [0.15, 0.2) is 0 Å². The third kappa shape index (κ3) is 1.55. The third-order valence-corrected chi connectivity index (χ3v) is 2.85. The second kappa shape index (κ2) is 3.61. The summed E-state index contributed by atoms with van der Waals surface area (Å²) in [7, 11) is 0. The van der Waals surface area contributed by atoms with Crippen LogP contribution >= 0.6 is 0 Å². The van der Waals surface area contributed by atoms with E-state index in [4.69, 9.17) is 5.73 Å². The van der Waals surface area contributed by atoms with Gasteiger partial charge in [0.25, 0.3) is 0 Å². The van der Waals surface area contributed by atoms with Gasteiger partial charge in [0.1, 0.15) is 5.69 Å². The summed E-state index contributed by atoms with van der Waals surface area (Å²) in [4.78, 5) is 0. The van der Waals surface area contributed by atoms with Gasteiger partial charge < -0.3 is 11.1 Å². The Kier molecular flexibility index (Phi) is 2.11. The van der Waals surface area contributed by atoms with Gasteiger partial charge in [-0.2, -0.15) is 0 Å². The first-order valence-corrected chi connectivity index (χ1v) is 5.31. The number of anilines is 1. The molecule has 0 atom stereocenters. The minimum atomic E-state index is 0.454. The Labute approximate surface area is 93.3 Å². The second-order valence-electron chi connectivity index (χ2n) is 4.02. The fourth-order valence-electron chi connectivity index (χ4n) is 1.70. The lowest BCUT2D eigenvalue weighted by atomic mass is 10.1. The molecule has 16 heavy (non-hydrogen) atoms.